The summed E-state index contributed by atoms with van der Waals surface area (Å²) in [4.78, 5) is 23.9. The van der Waals surface area contributed by atoms with Gasteiger partial charge in [0.1, 0.15) is 11.9 Å². The minimum absolute atomic E-state index is 0.154. The highest BCUT2D eigenvalue weighted by Gasteiger charge is 2.30. The third kappa shape index (κ3) is 2.81. The van der Waals surface area contributed by atoms with Crippen LogP contribution < -0.4 is 0 Å². The number of imidazole rings is 1. The fourth-order valence-electron chi connectivity index (χ4n) is 3.44. The highest BCUT2D eigenvalue weighted by Crippen LogP contribution is 2.31. The molecule has 23 heavy (non-hydrogen) atoms. The van der Waals surface area contributed by atoms with Gasteiger partial charge in [-0.2, -0.15) is 0 Å². The van der Waals surface area contributed by atoms with Crippen molar-refractivity contribution in [1.29, 1.82) is 0 Å². The fourth-order valence-corrected chi connectivity index (χ4v) is 4.56. The lowest BCUT2D eigenvalue weighted by atomic mass is 9.95. The molecule has 122 valence electrons. The number of carbonyl (C=O) groups excluding carboxylic acids is 1. The lowest BCUT2D eigenvalue weighted by Gasteiger charge is -2.32. The number of fused-ring (bicyclic) bond motifs is 1. The molecule has 1 fully saturated rings. The van der Waals surface area contributed by atoms with Gasteiger partial charge in [0, 0.05) is 28.7 Å². The van der Waals surface area contributed by atoms with Gasteiger partial charge in [-0.25, -0.2) is 4.98 Å². The molecule has 6 heteroatoms. The summed E-state index contributed by atoms with van der Waals surface area (Å²) in [6, 6.07) is 0. The van der Waals surface area contributed by atoms with E-state index in [4.69, 9.17) is 4.74 Å². The number of hydrogen-bond acceptors (Lipinski definition) is 4. The fraction of sp³-hybridized carbons (Fsp3) is 0.529. The van der Waals surface area contributed by atoms with Crippen LogP contribution in [0.3, 0.4) is 0 Å². The number of aryl methyl sites for hydroxylation is 2. The molecule has 1 N–H and O–H groups in total. The van der Waals surface area contributed by atoms with Crippen LogP contribution in [0.2, 0.25) is 0 Å². The van der Waals surface area contributed by atoms with E-state index < -0.39 is 0 Å². The quantitative estimate of drug-likeness (QED) is 0.920. The second-order valence-electron chi connectivity index (χ2n) is 6.32. The lowest BCUT2D eigenvalue weighted by Crippen LogP contribution is -2.42. The lowest BCUT2D eigenvalue weighted by molar-refractivity contribution is -0.0265. The van der Waals surface area contributed by atoms with E-state index in [0.29, 0.717) is 19.7 Å². The Balaban J connectivity index is 1.53. The SMILES string of the molecule is Cc1cnc([C@H]2CN(C(=O)c3csc4c3CCCC4)CCO2)[nH]1. The van der Waals surface area contributed by atoms with E-state index in [9.17, 15) is 4.79 Å². The second-order valence-corrected chi connectivity index (χ2v) is 7.28. The molecule has 1 amide bonds. The second kappa shape index (κ2) is 6.09. The first-order chi connectivity index (χ1) is 11.2. The summed E-state index contributed by atoms with van der Waals surface area (Å²) in [6.45, 7) is 3.75. The molecule has 0 aromatic carbocycles. The van der Waals surface area contributed by atoms with E-state index in [2.05, 4.69) is 15.3 Å². The van der Waals surface area contributed by atoms with Gasteiger partial charge in [-0.05, 0) is 38.2 Å². The van der Waals surface area contributed by atoms with Crippen molar-refractivity contribution >= 4 is 17.2 Å². The van der Waals surface area contributed by atoms with Crippen molar-refractivity contribution in [1.82, 2.24) is 14.9 Å². The van der Waals surface area contributed by atoms with Gasteiger partial charge in [-0.3, -0.25) is 4.79 Å². The molecule has 2 aliphatic rings. The Morgan fingerprint density at radius 2 is 2.30 bits per heavy atom. The Labute approximate surface area is 139 Å². The number of aromatic nitrogens is 2. The summed E-state index contributed by atoms with van der Waals surface area (Å²) < 4.78 is 5.80. The molecule has 1 atom stereocenters. The van der Waals surface area contributed by atoms with E-state index >= 15 is 0 Å². The van der Waals surface area contributed by atoms with Crippen LogP contribution in [-0.4, -0.2) is 40.5 Å². The van der Waals surface area contributed by atoms with Crippen LogP contribution in [0.15, 0.2) is 11.6 Å². The maximum absolute atomic E-state index is 13.0. The molecule has 1 aliphatic carbocycles. The van der Waals surface area contributed by atoms with Crippen molar-refractivity contribution in [3.8, 4) is 0 Å². The summed E-state index contributed by atoms with van der Waals surface area (Å²) in [7, 11) is 0. The van der Waals surface area contributed by atoms with Gasteiger partial charge in [0.15, 0.2) is 0 Å². The van der Waals surface area contributed by atoms with Gasteiger partial charge in [0.05, 0.1) is 18.7 Å². The van der Waals surface area contributed by atoms with Gasteiger partial charge in [-0.1, -0.05) is 0 Å². The van der Waals surface area contributed by atoms with E-state index in [1.807, 2.05) is 11.8 Å². The molecule has 0 radical (unpaired) electrons. The Morgan fingerprint density at radius 1 is 1.43 bits per heavy atom. The summed E-state index contributed by atoms with van der Waals surface area (Å²) in [5.41, 5.74) is 3.23. The number of hydrogen-bond donors (Lipinski definition) is 1. The van der Waals surface area contributed by atoms with Crippen molar-refractivity contribution in [2.24, 2.45) is 0 Å². The first-order valence-corrected chi connectivity index (χ1v) is 9.12. The minimum Gasteiger partial charge on any atom is -0.367 e. The van der Waals surface area contributed by atoms with Crippen LogP contribution in [0.25, 0.3) is 0 Å². The van der Waals surface area contributed by atoms with Crippen LogP contribution in [0.1, 0.15) is 51.3 Å². The van der Waals surface area contributed by atoms with E-state index in [1.54, 1.807) is 17.5 Å². The van der Waals surface area contributed by atoms with Crippen LogP contribution >= 0.6 is 11.3 Å². The molecule has 3 heterocycles. The van der Waals surface area contributed by atoms with Gasteiger partial charge in [-0.15, -0.1) is 11.3 Å². The number of H-pyrrole nitrogens is 1. The molecule has 1 aliphatic heterocycles. The monoisotopic (exact) mass is 331 g/mol. The maximum Gasteiger partial charge on any atom is 0.255 e. The summed E-state index contributed by atoms with van der Waals surface area (Å²) >= 11 is 1.75. The van der Waals surface area contributed by atoms with Crippen LogP contribution in [0.4, 0.5) is 0 Å². The molecule has 2 aromatic rings. The number of ether oxygens (including phenoxy) is 1. The van der Waals surface area contributed by atoms with Crippen molar-refractivity contribution in [2.75, 3.05) is 19.7 Å². The number of aromatic amines is 1. The number of carbonyl (C=O) groups is 1. The number of thiophene rings is 1. The summed E-state index contributed by atoms with van der Waals surface area (Å²) in [5.74, 6) is 0.966. The topological polar surface area (TPSA) is 58.2 Å². The Morgan fingerprint density at radius 3 is 3.13 bits per heavy atom. The summed E-state index contributed by atoms with van der Waals surface area (Å²) in [5, 5.41) is 2.06. The smallest absolute Gasteiger partial charge is 0.255 e. The highest BCUT2D eigenvalue weighted by molar-refractivity contribution is 7.10. The largest absolute Gasteiger partial charge is 0.367 e. The predicted molar refractivity (Wildman–Crippen MR) is 88.9 cm³/mol. The number of nitrogens with one attached hydrogen (secondary N) is 1. The molecule has 5 nitrogen and oxygen atoms in total. The van der Waals surface area contributed by atoms with Crippen LogP contribution in [0.5, 0.6) is 0 Å². The van der Waals surface area contributed by atoms with Crippen molar-refractivity contribution in [3.05, 3.63) is 39.1 Å². The third-order valence-electron chi connectivity index (χ3n) is 4.67. The van der Waals surface area contributed by atoms with Crippen molar-refractivity contribution in [2.45, 2.75) is 38.7 Å². The molecule has 0 unspecified atom stereocenters. The molecule has 0 saturated carbocycles. The van der Waals surface area contributed by atoms with E-state index in [-0.39, 0.29) is 12.0 Å². The molecule has 4 rings (SSSR count). The molecule has 0 spiro atoms. The first-order valence-electron chi connectivity index (χ1n) is 8.24. The zero-order valence-corrected chi connectivity index (χ0v) is 14.1. The Hall–Kier alpha value is -1.66. The summed E-state index contributed by atoms with van der Waals surface area (Å²) in [6.07, 6.45) is 6.26. The first kappa shape index (κ1) is 14.9. The number of morpholine rings is 1. The average molecular weight is 331 g/mol. The minimum atomic E-state index is -0.157. The van der Waals surface area contributed by atoms with Crippen LogP contribution in [0, 0.1) is 6.92 Å². The third-order valence-corrected chi connectivity index (χ3v) is 5.76. The van der Waals surface area contributed by atoms with Crippen molar-refractivity contribution in [3.63, 3.8) is 0 Å². The van der Waals surface area contributed by atoms with Gasteiger partial charge in [0.2, 0.25) is 0 Å². The zero-order valence-electron chi connectivity index (χ0n) is 13.3. The van der Waals surface area contributed by atoms with Gasteiger partial charge >= 0.3 is 0 Å². The average Bonchev–Trinajstić information content (AvgIpc) is 3.20. The normalized spacial score (nSPS) is 21.3. The number of nitrogens with zero attached hydrogens (tertiary/aromatic N) is 2. The van der Waals surface area contributed by atoms with Gasteiger partial charge < -0.3 is 14.6 Å². The Bertz CT molecular complexity index is 721. The highest BCUT2D eigenvalue weighted by atomic mass is 32.1. The van der Waals surface area contributed by atoms with E-state index in [0.717, 1.165) is 29.9 Å². The molecular weight excluding hydrogens is 310 g/mol. The molecule has 1 saturated heterocycles. The molecule has 2 aromatic heterocycles. The molecule has 0 bridgehead atoms. The standard InChI is InChI=1S/C17H21N3O2S/c1-11-8-18-16(19-11)14-9-20(6-7-22-14)17(21)13-10-23-15-5-3-2-4-12(13)15/h8,10,14H,2-7,9H2,1H3,(H,18,19)/t14-/m1/s1. The predicted octanol–water partition coefficient (Wildman–Crippen LogP) is 2.87. The zero-order chi connectivity index (χ0) is 15.8. The van der Waals surface area contributed by atoms with Crippen LogP contribution in [-0.2, 0) is 17.6 Å². The Kier molecular flexibility index (Phi) is 3.95. The number of amides is 1. The molecular formula is C17H21N3O2S. The van der Waals surface area contributed by atoms with Crippen molar-refractivity contribution < 1.29 is 9.53 Å². The van der Waals surface area contributed by atoms with E-state index in [1.165, 1.54) is 23.3 Å². The number of rotatable bonds is 2. The van der Waals surface area contributed by atoms with Gasteiger partial charge in [0.25, 0.3) is 5.91 Å². The maximum atomic E-state index is 13.0.